The van der Waals surface area contributed by atoms with Gasteiger partial charge in [0.2, 0.25) is 0 Å². The lowest BCUT2D eigenvalue weighted by Crippen LogP contribution is -2.53. The lowest BCUT2D eigenvalue weighted by atomic mass is 9.81. The van der Waals surface area contributed by atoms with Crippen molar-refractivity contribution in [3.8, 4) is 0 Å². The molecular formula is C10H19NO3. The van der Waals surface area contributed by atoms with Gasteiger partial charge in [0.15, 0.2) is 0 Å². The third-order valence-electron chi connectivity index (χ3n) is 2.94. The van der Waals surface area contributed by atoms with E-state index in [2.05, 4.69) is 0 Å². The lowest BCUT2D eigenvalue weighted by Gasteiger charge is -2.44. The predicted molar refractivity (Wildman–Crippen MR) is 51.9 cm³/mol. The Bertz CT molecular complexity index is 227. The molecule has 2 unspecified atom stereocenters. The van der Waals surface area contributed by atoms with Crippen molar-refractivity contribution in [2.24, 2.45) is 5.92 Å². The van der Waals surface area contributed by atoms with E-state index in [1.54, 1.807) is 0 Å². The molecule has 4 nitrogen and oxygen atoms in total. The van der Waals surface area contributed by atoms with E-state index in [9.17, 15) is 10.0 Å². The summed E-state index contributed by atoms with van der Waals surface area (Å²) in [5.41, 5.74) is -0.351. The molecule has 0 radical (unpaired) electrons. The average molecular weight is 201 g/mol. The van der Waals surface area contributed by atoms with Crippen LogP contribution in [0.3, 0.4) is 0 Å². The number of rotatable bonds is 1. The third kappa shape index (κ3) is 2.07. The van der Waals surface area contributed by atoms with E-state index < -0.39 is 0 Å². The first-order valence-corrected chi connectivity index (χ1v) is 4.94. The van der Waals surface area contributed by atoms with Crippen molar-refractivity contribution in [1.82, 2.24) is 5.06 Å². The first-order valence-electron chi connectivity index (χ1n) is 4.94. The predicted octanol–water partition coefficient (Wildman–Crippen LogP) is 1.43. The molecule has 1 heterocycles. The zero-order chi connectivity index (χ0) is 10.9. The van der Waals surface area contributed by atoms with Gasteiger partial charge in [0.25, 0.3) is 0 Å². The highest BCUT2D eigenvalue weighted by Crippen LogP contribution is 2.34. The smallest absolute Gasteiger partial charge is 0.308 e. The number of nitrogens with zero attached hydrogens (tertiary/aromatic N) is 1. The van der Waals surface area contributed by atoms with Gasteiger partial charge in [0, 0.05) is 11.6 Å². The van der Waals surface area contributed by atoms with Crippen molar-refractivity contribution in [3.63, 3.8) is 0 Å². The molecule has 4 heteroatoms. The van der Waals surface area contributed by atoms with Crippen molar-refractivity contribution in [3.05, 3.63) is 0 Å². The SMILES string of the molecule is COC(=O)C1CC(C)N(O)C(C)(C)C1. The second-order valence-corrected chi connectivity index (χ2v) is 4.67. The molecule has 1 rings (SSSR count). The van der Waals surface area contributed by atoms with Crippen LogP contribution in [0.5, 0.6) is 0 Å². The number of carbonyl (C=O) groups excluding carboxylic acids is 1. The highest BCUT2D eigenvalue weighted by atomic mass is 16.5. The first-order chi connectivity index (χ1) is 6.38. The molecule has 82 valence electrons. The Kier molecular flexibility index (Phi) is 3.17. The van der Waals surface area contributed by atoms with Gasteiger partial charge in [-0.1, -0.05) is 0 Å². The van der Waals surface area contributed by atoms with Crippen molar-refractivity contribution in [2.75, 3.05) is 7.11 Å². The zero-order valence-corrected chi connectivity index (χ0v) is 9.28. The molecular weight excluding hydrogens is 182 g/mol. The molecule has 0 bridgehead atoms. The van der Waals surface area contributed by atoms with E-state index in [1.165, 1.54) is 12.2 Å². The van der Waals surface area contributed by atoms with E-state index >= 15 is 0 Å². The summed E-state index contributed by atoms with van der Waals surface area (Å²) in [4.78, 5) is 11.4. The number of hydrogen-bond acceptors (Lipinski definition) is 4. The molecule has 1 aliphatic heterocycles. The Hall–Kier alpha value is -0.610. The van der Waals surface area contributed by atoms with Crippen molar-refractivity contribution in [1.29, 1.82) is 0 Å². The van der Waals surface area contributed by atoms with Crippen LogP contribution in [0.25, 0.3) is 0 Å². The maximum absolute atomic E-state index is 11.4. The minimum atomic E-state index is -0.351. The summed E-state index contributed by atoms with van der Waals surface area (Å²) in [6, 6.07) is 0.00264. The Morgan fingerprint density at radius 3 is 2.57 bits per heavy atom. The highest BCUT2D eigenvalue weighted by molar-refractivity contribution is 5.72. The van der Waals surface area contributed by atoms with E-state index in [0.717, 1.165) is 0 Å². The molecule has 1 fully saturated rings. The number of ether oxygens (including phenoxy) is 1. The number of methoxy groups -OCH3 is 1. The van der Waals surface area contributed by atoms with Crippen LogP contribution >= 0.6 is 0 Å². The van der Waals surface area contributed by atoms with Crippen LogP contribution in [-0.2, 0) is 9.53 Å². The number of piperidine rings is 1. The normalized spacial score (nSPS) is 32.6. The average Bonchev–Trinajstić information content (AvgIpc) is 2.12. The fraction of sp³-hybridized carbons (Fsp3) is 0.900. The molecule has 1 aliphatic rings. The van der Waals surface area contributed by atoms with Gasteiger partial charge in [-0.2, -0.15) is 5.06 Å². The summed E-state index contributed by atoms with van der Waals surface area (Å²) in [7, 11) is 1.41. The summed E-state index contributed by atoms with van der Waals surface area (Å²) in [5.74, 6) is -0.258. The molecule has 0 aromatic heterocycles. The Balaban J connectivity index is 2.73. The van der Waals surface area contributed by atoms with E-state index in [4.69, 9.17) is 4.74 Å². The summed E-state index contributed by atoms with van der Waals surface area (Å²) >= 11 is 0. The van der Waals surface area contributed by atoms with Crippen LogP contribution in [0.4, 0.5) is 0 Å². The number of esters is 1. The number of hydrogen-bond donors (Lipinski definition) is 1. The van der Waals surface area contributed by atoms with Crippen molar-refractivity contribution < 1.29 is 14.7 Å². The van der Waals surface area contributed by atoms with Gasteiger partial charge in [0.1, 0.15) is 0 Å². The summed E-state index contributed by atoms with van der Waals surface area (Å²) in [5, 5.41) is 11.1. The van der Waals surface area contributed by atoms with Gasteiger partial charge < -0.3 is 9.94 Å². The van der Waals surface area contributed by atoms with Gasteiger partial charge in [0.05, 0.1) is 13.0 Å². The molecule has 14 heavy (non-hydrogen) atoms. The topological polar surface area (TPSA) is 49.8 Å². The number of carbonyl (C=O) groups is 1. The fourth-order valence-electron chi connectivity index (χ4n) is 2.23. The second kappa shape index (κ2) is 3.87. The summed E-state index contributed by atoms with van der Waals surface area (Å²) in [6.45, 7) is 5.77. The van der Waals surface area contributed by atoms with Gasteiger partial charge in [-0.3, -0.25) is 4.79 Å². The van der Waals surface area contributed by atoms with Crippen LogP contribution in [-0.4, -0.2) is 34.9 Å². The molecule has 0 aromatic carbocycles. The molecule has 0 amide bonds. The fourth-order valence-corrected chi connectivity index (χ4v) is 2.23. The van der Waals surface area contributed by atoms with Crippen LogP contribution < -0.4 is 0 Å². The van der Waals surface area contributed by atoms with Gasteiger partial charge in [-0.05, 0) is 33.6 Å². The van der Waals surface area contributed by atoms with Crippen molar-refractivity contribution in [2.45, 2.75) is 45.2 Å². The van der Waals surface area contributed by atoms with Crippen LogP contribution in [0.15, 0.2) is 0 Å². The molecule has 1 N–H and O–H groups in total. The Labute approximate surface area is 84.8 Å². The Morgan fingerprint density at radius 1 is 1.57 bits per heavy atom. The Morgan fingerprint density at radius 2 is 2.14 bits per heavy atom. The summed E-state index contributed by atoms with van der Waals surface area (Å²) < 4.78 is 4.73. The molecule has 2 atom stereocenters. The second-order valence-electron chi connectivity index (χ2n) is 4.67. The lowest BCUT2D eigenvalue weighted by molar-refractivity contribution is -0.218. The van der Waals surface area contributed by atoms with Gasteiger partial charge in [-0.25, -0.2) is 0 Å². The van der Waals surface area contributed by atoms with E-state index in [0.29, 0.717) is 12.8 Å². The first kappa shape index (κ1) is 11.5. The van der Waals surface area contributed by atoms with Crippen LogP contribution in [0, 0.1) is 5.92 Å². The van der Waals surface area contributed by atoms with Gasteiger partial charge in [-0.15, -0.1) is 0 Å². The maximum Gasteiger partial charge on any atom is 0.308 e. The minimum Gasteiger partial charge on any atom is -0.469 e. The summed E-state index contributed by atoms with van der Waals surface area (Å²) in [6.07, 6.45) is 1.30. The molecule has 0 aliphatic carbocycles. The van der Waals surface area contributed by atoms with Crippen molar-refractivity contribution >= 4 is 5.97 Å². The minimum absolute atomic E-state index is 0.00264. The molecule has 1 saturated heterocycles. The van der Waals surface area contributed by atoms with E-state index in [-0.39, 0.29) is 23.5 Å². The molecule has 0 spiro atoms. The van der Waals surface area contributed by atoms with Crippen LogP contribution in [0.1, 0.15) is 33.6 Å². The van der Waals surface area contributed by atoms with Gasteiger partial charge >= 0.3 is 5.97 Å². The maximum atomic E-state index is 11.4. The monoisotopic (exact) mass is 201 g/mol. The standard InChI is InChI=1S/C10H19NO3/c1-7-5-8(9(12)14-4)6-10(2,3)11(7)13/h7-8,13H,5-6H2,1-4H3. The third-order valence-corrected chi connectivity index (χ3v) is 2.94. The zero-order valence-electron chi connectivity index (χ0n) is 9.28. The van der Waals surface area contributed by atoms with E-state index in [1.807, 2.05) is 20.8 Å². The molecule has 0 aromatic rings. The molecule has 0 saturated carbocycles. The number of hydroxylamine groups is 2. The highest BCUT2D eigenvalue weighted by Gasteiger charge is 2.41. The quantitative estimate of drug-likeness (QED) is 0.652. The largest absolute Gasteiger partial charge is 0.469 e. The van der Waals surface area contributed by atoms with Crippen LogP contribution in [0.2, 0.25) is 0 Å².